The van der Waals surface area contributed by atoms with E-state index < -0.39 is 24.6 Å². The molecule has 2 N–H and O–H groups in total. The number of carboxylic acid groups (broad SMARTS) is 1. The molecule has 6 nitrogen and oxygen atoms in total. The molecule has 0 unspecified atom stereocenters. The van der Waals surface area contributed by atoms with E-state index in [1.165, 1.54) is 18.2 Å². The molecule has 0 fully saturated rings. The van der Waals surface area contributed by atoms with Gasteiger partial charge in [0.15, 0.2) is 0 Å². The van der Waals surface area contributed by atoms with Gasteiger partial charge in [-0.2, -0.15) is 0 Å². The van der Waals surface area contributed by atoms with E-state index in [-0.39, 0.29) is 55.1 Å². The number of carboxylic acids is 1. The minimum Gasteiger partial charge on any atom is -0.550 e. The third-order valence-corrected chi connectivity index (χ3v) is 6.20. The zero-order valence-electron chi connectivity index (χ0n) is 21.3. The molecule has 2 aromatic carbocycles. The molecule has 3 aromatic rings. The van der Waals surface area contributed by atoms with Gasteiger partial charge in [0.2, 0.25) is 0 Å². The summed E-state index contributed by atoms with van der Waals surface area (Å²) < 4.78 is 19.8. The molecular weight excluding hydrogens is 496 g/mol. The summed E-state index contributed by atoms with van der Waals surface area (Å²) in [7, 11) is 0. The van der Waals surface area contributed by atoms with E-state index in [0.29, 0.717) is 13.0 Å². The second kappa shape index (κ2) is 14.0. The average Bonchev–Trinajstić information content (AvgIpc) is 3.01. The fourth-order valence-electron chi connectivity index (χ4n) is 4.57. The molecule has 0 amide bonds. The van der Waals surface area contributed by atoms with Gasteiger partial charge < -0.3 is 24.9 Å². The van der Waals surface area contributed by atoms with Crippen molar-refractivity contribution in [2.24, 2.45) is 0 Å². The Kier molecular flexibility index (Phi) is 11.7. The summed E-state index contributed by atoms with van der Waals surface area (Å²) in [5.74, 6) is -0.946. The van der Waals surface area contributed by atoms with Crippen molar-refractivity contribution in [2.45, 2.75) is 58.7 Å². The predicted octanol–water partition coefficient (Wildman–Crippen LogP) is 1.52. The van der Waals surface area contributed by atoms with Crippen LogP contribution >= 0.6 is 0 Å². The fourth-order valence-corrected chi connectivity index (χ4v) is 4.57. The number of carbonyl (C=O) groups is 1. The maximum Gasteiger partial charge on any atom is 1.00 e. The van der Waals surface area contributed by atoms with Crippen molar-refractivity contribution in [2.75, 3.05) is 6.61 Å². The van der Waals surface area contributed by atoms with Crippen molar-refractivity contribution in [3.05, 3.63) is 77.2 Å². The number of benzene rings is 2. The van der Waals surface area contributed by atoms with Crippen LogP contribution in [0, 0.1) is 5.82 Å². The first-order valence-corrected chi connectivity index (χ1v) is 12.0. The fraction of sp³-hybridized carbons (Fsp3) is 0.333. The molecule has 0 aliphatic carbocycles. The first-order valence-electron chi connectivity index (χ1n) is 12.0. The number of aromatic nitrogens is 1. The van der Waals surface area contributed by atoms with Crippen molar-refractivity contribution in [1.29, 1.82) is 0 Å². The largest absolute Gasteiger partial charge is 1.00 e. The third kappa shape index (κ3) is 7.30. The number of ether oxygens (including phenoxy) is 1. The number of rotatable bonds is 8. The number of aliphatic hydroxyl groups excluding tert-OH is 2. The molecule has 2 heterocycles. The summed E-state index contributed by atoms with van der Waals surface area (Å²) >= 11 is 0. The number of fused-ring (bicyclic) bond motifs is 3. The van der Waals surface area contributed by atoms with Crippen molar-refractivity contribution in [3.8, 4) is 28.1 Å². The Hall–Kier alpha value is -2.55. The van der Waals surface area contributed by atoms with Crippen molar-refractivity contribution < 1.29 is 58.8 Å². The normalized spacial score (nSPS) is 13.8. The van der Waals surface area contributed by atoms with Crippen LogP contribution in [0.3, 0.4) is 0 Å². The van der Waals surface area contributed by atoms with Crippen LogP contribution in [0.25, 0.3) is 28.5 Å². The number of aliphatic carboxylic acids is 1. The van der Waals surface area contributed by atoms with Crippen LogP contribution in [0.5, 0.6) is 5.75 Å². The van der Waals surface area contributed by atoms with E-state index in [4.69, 9.17) is 9.72 Å². The van der Waals surface area contributed by atoms with Gasteiger partial charge in [-0.1, -0.05) is 57.7 Å². The van der Waals surface area contributed by atoms with Gasteiger partial charge in [0, 0.05) is 36.4 Å². The van der Waals surface area contributed by atoms with Crippen molar-refractivity contribution >= 4 is 12.0 Å². The number of carbonyl (C=O) groups excluding carboxylic acids is 1. The molecule has 1 aliphatic heterocycles. The molecule has 4 rings (SSSR count). The van der Waals surface area contributed by atoms with E-state index in [2.05, 4.69) is 0 Å². The summed E-state index contributed by atoms with van der Waals surface area (Å²) in [4.78, 5) is 15.8. The smallest absolute Gasteiger partial charge is 0.550 e. The molecule has 1 aromatic heterocycles. The number of aliphatic hydroxyl groups is 2. The van der Waals surface area contributed by atoms with Gasteiger partial charge in [0.05, 0.1) is 30.2 Å². The molecule has 2 atom stereocenters. The number of nitrogens with zero attached hydrogens (tertiary/aromatic N) is 1. The molecule has 0 radical (unpaired) electrons. The second-order valence-electron chi connectivity index (χ2n) is 9.26. The van der Waals surface area contributed by atoms with Crippen LogP contribution in [-0.4, -0.2) is 40.0 Å². The molecule has 0 saturated heterocycles. The Bertz CT molecular complexity index is 1280. The van der Waals surface area contributed by atoms with Gasteiger partial charge in [0.25, 0.3) is 0 Å². The Morgan fingerprint density at radius 3 is 2.50 bits per heavy atom. The van der Waals surface area contributed by atoms with E-state index in [9.17, 15) is 24.5 Å². The van der Waals surface area contributed by atoms with E-state index in [1.54, 1.807) is 18.2 Å². The zero-order chi connectivity index (χ0) is 25.8. The molecule has 38 heavy (non-hydrogen) atoms. The molecule has 1 aliphatic rings. The molecule has 0 spiro atoms. The first-order chi connectivity index (χ1) is 17.2. The van der Waals surface area contributed by atoms with E-state index in [0.717, 1.165) is 45.0 Å². The standard InChI is InChI=1S/C29H30FNO5.CH4.Na/c1-17(2)28-23(12-11-20(32)15-21(33)16-26(34)35)27(18-7-9-19(30)10-8-18)24-13-14-36-25-6-4-3-5-22(25)29(24)31-28;;/h3-12,17,20-21,32-33H,13-16H2,1-2H3,(H,34,35);1H4;/q;;+1/p-1/b12-11+;;/t20-,21-;;/m1../s1. The van der Waals surface area contributed by atoms with Gasteiger partial charge in [-0.25, -0.2) is 4.39 Å². The summed E-state index contributed by atoms with van der Waals surface area (Å²) in [6.07, 6.45) is 0.862. The van der Waals surface area contributed by atoms with E-state index in [1.807, 2.05) is 38.1 Å². The molecule has 8 heteroatoms. The maximum atomic E-state index is 13.8. The molecule has 0 bridgehead atoms. The van der Waals surface area contributed by atoms with E-state index >= 15 is 0 Å². The van der Waals surface area contributed by atoms with Gasteiger partial charge in [-0.15, -0.1) is 0 Å². The van der Waals surface area contributed by atoms with Crippen LogP contribution in [0.1, 0.15) is 56.9 Å². The quantitative estimate of drug-likeness (QED) is 0.429. The minimum absolute atomic E-state index is 0. The number of halogens is 1. The van der Waals surface area contributed by atoms with Gasteiger partial charge in [-0.3, -0.25) is 4.98 Å². The zero-order valence-corrected chi connectivity index (χ0v) is 23.3. The molecular formula is C30H33FNNaO5. The van der Waals surface area contributed by atoms with Crippen molar-refractivity contribution in [3.63, 3.8) is 0 Å². The number of hydrogen-bond donors (Lipinski definition) is 2. The topological polar surface area (TPSA) is 103 Å². The SMILES string of the molecule is C.CC(C)c1nc2c(c(-c3ccc(F)cc3)c1/C=C/[C@@H](O)C[C@@H](O)CC(=O)[O-])CCOc1ccccc1-2.[Na+]. The first kappa shape index (κ1) is 31.7. The Labute approximate surface area is 245 Å². The van der Waals surface area contributed by atoms with Crippen molar-refractivity contribution in [1.82, 2.24) is 4.98 Å². The summed E-state index contributed by atoms with van der Waals surface area (Å²) in [6, 6.07) is 14.0. The molecule has 196 valence electrons. The second-order valence-corrected chi connectivity index (χ2v) is 9.26. The Morgan fingerprint density at radius 2 is 1.84 bits per heavy atom. The maximum absolute atomic E-state index is 13.8. The minimum atomic E-state index is -1.38. The Balaban J connectivity index is 0.00000253. The molecule has 0 saturated carbocycles. The number of hydrogen-bond acceptors (Lipinski definition) is 6. The summed E-state index contributed by atoms with van der Waals surface area (Å²) in [5, 5.41) is 31.1. The van der Waals surface area contributed by atoms with Crippen LogP contribution in [0.2, 0.25) is 0 Å². The van der Waals surface area contributed by atoms with Crippen LogP contribution < -0.4 is 39.4 Å². The van der Waals surface area contributed by atoms with Crippen LogP contribution in [0.15, 0.2) is 54.6 Å². The summed E-state index contributed by atoms with van der Waals surface area (Å²) in [6.45, 7) is 4.50. The monoisotopic (exact) mass is 529 g/mol. The number of pyridine rings is 1. The summed E-state index contributed by atoms with van der Waals surface area (Å²) in [5.41, 5.74) is 5.92. The van der Waals surface area contributed by atoms with Gasteiger partial charge in [-0.05, 0) is 46.9 Å². The Morgan fingerprint density at radius 1 is 1.16 bits per heavy atom. The average molecular weight is 530 g/mol. The van der Waals surface area contributed by atoms with Crippen LogP contribution in [-0.2, 0) is 11.2 Å². The van der Waals surface area contributed by atoms with Crippen LogP contribution in [0.4, 0.5) is 4.39 Å². The van der Waals surface area contributed by atoms with Gasteiger partial charge in [0.1, 0.15) is 11.6 Å². The van der Waals surface area contributed by atoms with Gasteiger partial charge >= 0.3 is 29.6 Å². The number of para-hydroxylation sites is 1. The predicted molar refractivity (Wildman–Crippen MR) is 140 cm³/mol. The third-order valence-electron chi connectivity index (χ3n) is 6.20.